The third-order valence-corrected chi connectivity index (χ3v) is 5.56. The van der Waals surface area contributed by atoms with Gasteiger partial charge in [0.15, 0.2) is 5.69 Å². The molecule has 6 heteroatoms. The zero-order valence-electron chi connectivity index (χ0n) is 16.1. The van der Waals surface area contributed by atoms with Crippen LogP contribution in [0, 0.1) is 25.2 Å². The number of amides is 1. The van der Waals surface area contributed by atoms with Crippen molar-refractivity contribution in [2.45, 2.75) is 60.4 Å². The Labute approximate surface area is 149 Å². The molecule has 0 unspecified atom stereocenters. The van der Waals surface area contributed by atoms with E-state index >= 15 is 0 Å². The van der Waals surface area contributed by atoms with Gasteiger partial charge in [-0.25, -0.2) is 0 Å². The van der Waals surface area contributed by atoms with Crippen LogP contribution in [0.3, 0.4) is 0 Å². The second kappa shape index (κ2) is 6.32. The van der Waals surface area contributed by atoms with E-state index < -0.39 is 0 Å². The van der Waals surface area contributed by atoms with Crippen LogP contribution in [0.15, 0.2) is 4.52 Å². The van der Waals surface area contributed by atoms with Crippen LogP contribution < -0.4 is 5.32 Å². The van der Waals surface area contributed by atoms with Gasteiger partial charge in [0.25, 0.3) is 5.91 Å². The molecule has 1 aliphatic rings. The average molecular weight is 344 g/mol. The lowest BCUT2D eigenvalue weighted by Crippen LogP contribution is -2.29. The van der Waals surface area contributed by atoms with Crippen LogP contribution in [0.2, 0.25) is 0 Å². The Hall–Kier alpha value is -2.11. The monoisotopic (exact) mass is 344 g/mol. The molecule has 3 rings (SSSR count). The fourth-order valence-electron chi connectivity index (χ4n) is 3.65. The fraction of sp³-hybridized carbons (Fsp3) is 0.632. The van der Waals surface area contributed by atoms with Gasteiger partial charge in [0.05, 0.1) is 5.69 Å². The van der Waals surface area contributed by atoms with Crippen molar-refractivity contribution in [1.29, 1.82) is 0 Å². The number of hydrogen-bond acceptors (Lipinski definition) is 4. The maximum absolute atomic E-state index is 12.7. The highest BCUT2D eigenvalue weighted by Crippen LogP contribution is 2.38. The van der Waals surface area contributed by atoms with Crippen molar-refractivity contribution in [3.8, 4) is 0 Å². The predicted molar refractivity (Wildman–Crippen MR) is 95.3 cm³/mol. The zero-order chi connectivity index (χ0) is 18.4. The number of nitrogens with zero attached hydrogens (tertiary/aromatic N) is 3. The van der Waals surface area contributed by atoms with Crippen molar-refractivity contribution in [2.24, 2.45) is 18.4 Å². The second-order valence-electron chi connectivity index (χ2n) is 8.19. The lowest BCUT2D eigenvalue weighted by atomic mass is 9.71. The number of aromatic nitrogens is 3. The number of carbonyl (C=O) groups is 1. The molecular weight excluding hydrogens is 316 g/mol. The molecule has 0 radical (unpaired) electrons. The Morgan fingerprint density at radius 3 is 2.68 bits per heavy atom. The van der Waals surface area contributed by atoms with Crippen molar-refractivity contribution < 1.29 is 9.32 Å². The molecule has 136 valence electrons. The van der Waals surface area contributed by atoms with Gasteiger partial charge in [0, 0.05) is 36.8 Å². The molecule has 2 heterocycles. The van der Waals surface area contributed by atoms with Gasteiger partial charge < -0.3 is 9.84 Å². The fourth-order valence-corrected chi connectivity index (χ4v) is 3.65. The maximum atomic E-state index is 12.7. The zero-order valence-corrected chi connectivity index (χ0v) is 16.1. The van der Waals surface area contributed by atoms with E-state index in [-0.39, 0.29) is 11.3 Å². The van der Waals surface area contributed by atoms with E-state index in [1.165, 1.54) is 0 Å². The van der Waals surface area contributed by atoms with Gasteiger partial charge in [-0.05, 0) is 38.0 Å². The van der Waals surface area contributed by atoms with Crippen LogP contribution in [-0.2, 0) is 26.4 Å². The Bertz CT molecular complexity index is 795. The summed E-state index contributed by atoms with van der Waals surface area (Å²) in [5.41, 5.74) is 4.71. The Morgan fingerprint density at radius 2 is 2.08 bits per heavy atom. The number of hydrogen-bond donors (Lipinski definition) is 1. The van der Waals surface area contributed by atoms with Gasteiger partial charge >= 0.3 is 0 Å². The van der Waals surface area contributed by atoms with E-state index in [2.05, 4.69) is 36.3 Å². The van der Waals surface area contributed by atoms with E-state index in [4.69, 9.17) is 4.52 Å². The molecule has 1 atom stereocenters. The highest BCUT2D eigenvalue weighted by Gasteiger charge is 2.34. The summed E-state index contributed by atoms with van der Waals surface area (Å²) in [5, 5.41) is 11.4. The number of nitrogens with one attached hydrogen (secondary N) is 1. The van der Waals surface area contributed by atoms with Crippen molar-refractivity contribution in [1.82, 2.24) is 20.3 Å². The molecule has 0 fully saturated rings. The predicted octanol–water partition coefficient (Wildman–Crippen LogP) is 3.11. The minimum atomic E-state index is -0.165. The molecule has 1 amide bonds. The largest absolute Gasteiger partial charge is 0.360 e. The Morgan fingerprint density at radius 1 is 1.36 bits per heavy atom. The summed E-state index contributed by atoms with van der Waals surface area (Å²) in [7, 11) is 1.91. The summed E-state index contributed by atoms with van der Waals surface area (Å²) >= 11 is 0. The molecule has 2 aromatic heterocycles. The molecule has 25 heavy (non-hydrogen) atoms. The van der Waals surface area contributed by atoms with Crippen LogP contribution in [-0.4, -0.2) is 20.8 Å². The van der Waals surface area contributed by atoms with Gasteiger partial charge in [-0.3, -0.25) is 9.48 Å². The van der Waals surface area contributed by atoms with Crippen molar-refractivity contribution >= 4 is 5.91 Å². The van der Waals surface area contributed by atoms with E-state index in [1.54, 1.807) is 0 Å². The number of aryl methyl sites for hydroxylation is 3. The summed E-state index contributed by atoms with van der Waals surface area (Å²) in [4.78, 5) is 12.7. The second-order valence-corrected chi connectivity index (χ2v) is 8.19. The van der Waals surface area contributed by atoms with E-state index in [9.17, 15) is 4.79 Å². The highest BCUT2D eigenvalue weighted by atomic mass is 16.5. The Balaban J connectivity index is 1.75. The van der Waals surface area contributed by atoms with Crippen LogP contribution in [0.5, 0.6) is 0 Å². The first-order valence-electron chi connectivity index (χ1n) is 8.93. The minimum Gasteiger partial charge on any atom is -0.360 e. The molecule has 0 spiro atoms. The summed E-state index contributed by atoms with van der Waals surface area (Å²) in [6.07, 6.45) is 2.80. The molecular formula is C19H28N4O2. The number of fused-ring (bicyclic) bond motifs is 1. The summed E-state index contributed by atoms with van der Waals surface area (Å²) < 4.78 is 7.28. The SMILES string of the molecule is Cc1nn(C)c(C)c1CNC(=O)c1noc2c1C[C@H](C(C)(C)C)CC2. The molecule has 1 aliphatic carbocycles. The van der Waals surface area contributed by atoms with Crippen molar-refractivity contribution in [3.05, 3.63) is 34.0 Å². The number of carbonyl (C=O) groups excluding carboxylic acids is 1. The Kier molecular flexibility index (Phi) is 4.47. The van der Waals surface area contributed by atoms with Crippen LogP contribution in [0.1, 0.15) is 66.0 Å². The molecule has 6 nitrogen and oxygen atoms in total. The van der Waals surface area contributed by atoms with Crippen LogP contribution in [0.4, 0.5) is 0 Å². The van der Waals surface area contributed by atoms with E-state index in [1.807, 2.05) is 25.6 Å². The molecule has 0 saturated heterocycles. The first-order valence-corrected chi connectivity index (χ1v) is 8.93. The van der Waals surface area contributed by atoms with Gasteiger partial charge in [-0.2, -0.15) is 5.10 Å². The highest BCUT2D eigenvalue weighted by molar-refractivity contribution is 5.93. The third-order valence-electron chi connectivity index (χ3n) is 5.56. The summed E-state index contributed by atoms with van der Waals surface area (Å²) in [5.74, 6) is 1.25. The van der Waals surface area contributed by atoms with Crippen molar-refractivity contribution in [3.63, 3.8) is 0 Å². The lowest BCUT2D eigenvalue weighted by molar-refractivity contribution is 0.0940. The standard InChI is InChI=1S/C19H28N4O2/c1-11-15(12(2)23(6)21-11)10-20-18(24)17-14-9-13(19(3,4)5)7-8-16(14)25-22-17/h13H,7-10H2,1-6H3,(H,20,24)/t13-/m1/s1. The van der Waals surface area contributed by atoms with Gasteiger partial charge in [-0.15, -0.1) is 0 Å². The summed E-state index contributed by atoms with van der Waals surface area (Å²) in [6.45, 7) is 11.2. The number of rotatable bonds is 3. The molecule has 0 bridgehead atoms. The third kappa shape index (κ3) is 3.34. The molecule has 0 aliphatic heterocycles. The van der Waals surface area contributed by atoms with Gasteiger partial charge in [-0.1, -0.05) is 25.9 Å². The first kappa shape index (κ1) is 17.7. The maximum Gasteiger partial charge on any atom is 0.274 e. The van der Waals surface area contributed by atoms with Crippen LogP contribution in [0.25, 0.3) is 0 Å². The smallest absolute Gasteiger partial charge is 0.274 e. The van der Waals surface area contributed by atoms with Gasteiger partial charge in [0.1, 0.15) is 5.76 Å². The normalized spacial score (nSPS) is 17.4. The molecule has 0 aromatic carbocycles. The molecule has 0 saturated carbocycles. The lowest BCUT2D eigenvalue weighted by Gasteiger charge is -2.33. The first-order chi connectivity index (χ1) is 11.7. The van der Waals surface area contributed by atoms with Crippen molar-refractivity contribution in [2.75, 3.05) is 0 Å². The molecule has 1 N–H and O–H groups in total. The quantitative estimate of drug-likeness (QED) is 0.928. The molecule has 2 aromatic rings. The topological polar surface area (TPSA) is 73.0 Å². The average Bonchev–Trinajstić information content (AvgIpc) is 3.06. The van der Waals surface area contributed by atoms with E-state index in [0.717, 1.165) is 47.5 Å². The van der Waals surface area contributed by atoms with Gasteiger partial charge in [0.2, 0.25) is 0 Å². The van der Waals surface area contributed by atoms with E-state index in [0.29, 0.717) is 18.2 Å². The van der Waals surface area contributed by atoms with Crippen LogP contribution >= 0.6 is 0 Å². The minimum absolute atomic E-state index is 0.165. The summed E-state index contributed by atoms with van der Waals surface area (Å²) in [6, 6.07) is 0.